The molecule has 0 radical (unpaired) electrons. The van der Waals surface area contributed by atoms with Crippen molar-refractivity contribution in [3.05, 3.63) is 24.3 Å². The Labute approximate surface area is 74.2 Å². The molecule has 11 heavy (non-hydrogen) atoms. The topological polar surface area (TPSA) is 25.8 Å². The average molecular weight is 211 g/mol. The van der Waals surface area contributed by atoms with Crippen molar-refractivity contribution in [3.63, 3.8) is 0 Å². The summed E-state index contributed by atoms with van der Waals surface area (Å²) in [4.78, 5) is 7.90. The molecule has 0 unspecified atom stereocenters. The lowest BCUT2D eigenvalue weighted by Gasteiger charge is -1.83. The highest BCUT2D eigenvalue weighted by molar-refractivity contribution is 9.09. The first-order valence-electron chi connectivity index (χ1n) is 3.25. The minimum absolute atomic E-state index is 0.591. The number of rotatable bonds is 1. The molecule has 56 valence electrons. The monoisotopic (exact) mass is 210 g/mol. The van der Waals surface area contributed by atoms with Crippen LogP contribution in [0.4, 0.5) is 0 Å². The van der Waals surface area contributed by atoms with E-state index in [1.54, 1.807) is 18.5 Å². The van der Waals surface area contributed by atoms with Gasteiger partial charge in [-0.2, -0.15) is 0 Å². The Morgan fingerprint density at radius 3 is 2.73 bits per heavy atom. The minimum atomic E-state index is 0.591. The van der Waals surface area contributed by atoms with Gasteiger partial charge in [-0.3, -0.25) is 0 Å². The molecule has 0 aromatic carbocycles. The molecule has 0 fully saturated rings. The van der Waals surface area contributed by atoms with E-state index >= 15 is 0 Å². The molecule has 0 bridgehead atoms. The fraction of sp³-hybridized carbons (Fsp3) is 0.250. The van der Waals surface area contributed by atoms with Crippen LogP contribution in [0.2, 0.25) is 0 Å². The maximum Gasteiger partial charge on any atom is 0.204 e. The van der Waals surface area contributed by atoms with Crippen molar-refractivity contribution in [2.45, 2.75) is 6.42 Å². The van der Waals surface area contributed by atoms with E-state index in [2.05, 4.69) is 37.7 Å². The van der Waals surface area contributed by atoms with E-state index < -0.39 is 0 Å². The fourth-order valence-electron chi connectivity index (χ4n) is 0.552. The van der Waals surface area contributed by atoms with Crippen LogP contribution in [0.1, 0.15) is 12.2 Å². The van der Waals surface area contributed by atoms with Crippen LogP contribution in [0.5, 0.6) is 0 Å². The molecule has 2 nitrogen and oxygen atoms in total. The predicted molar refractivity (Wildman–Crippen MR) is 47.3 cm³/mol. The molecular formula is C8H7BrN2. The van der Waals surface area contributed by atoms with Crippen LogP contribution in [0, 0.1) is 11.8 Å². The van der Waals surface area contributed by atoms with Gasteiger partial charge in [-0.15, -0.1) is 0 Å². The van der Waals surface area contributed by atoms with Gasteiger partial charge in [-0.25, -0.2) is 9.97 Å². The number of alkyl halides is 1. The Kier molecular flexibility index (Phi) is 3.63. The largest absolute Gasteiger partial charge is 0.229 e. The molecule has 0 aliphatic carbocycles. The second kappa shape index (κ2) is 4.86. The van der Waals surface area contributed by atoms with Crippen LogP contribution < -0.4 is 0 Å². The smallest absolute Gasteiger partial charge is 0.204 e. The maximum absolute atomic E-state index is 3.95. The SMILES string of the molecule is BrCCC#Cc1ncccn1. The first-order valence-corrected chi connectivity index (χ1v) is 4.37. The highest BCUT2D eigenvalue weighted by atomic mass is 79.9. The molecule has 3 heteroatoms. The Bertz CT molecular complexity index is 260. The minimum Gasteiger partial charge on any atom is -0.229 e. The molecule has 1 aromatic rings. The zero-order valence-electron chi connectivity index (χ0n) is 5.92. The number of hydrogen-bond acceptors (Lipinski definition) is 2. The summed E-state index contributed by atoms with van der Waals surface area (Å²) in [5, 5.41) is 0.896. The van der Waals surface area contributed by atoms with Gasteiger partial charge in [-0.05, 0) is 12.0 Å². The van der Waals surface area contributed by atoms with Crippen molar-refractivity contribution >= 4 is 15.9 Å². The summed E-state index contributed by atoms with van der Waals surface area (Å²) in [6.45, 7) is 0. The van der Waals surface area contributed by atoms with E-state index in [0.717, 1.165) is 11.8 Å². The Morgan fingerprint density at radius 1 is 1.36 bits per heavy atom. The summed E-state index contributed by atoms with van der Waals surface area (Å²) >= 11 is 3.28. The Morgan fingerprint density at radius 2 is 2.09 bits per heavy atom. The van der Waals surface area contributed by atoms with Crippen molar-refractivity contribution < 1.29 is 0 Å². The number of halogens is 1. The second-order valence-corrected chi connectivity index (χ2v) is 2.61. The van der Waals surface area contributed by atoms with Crippen LogP contribution in [-0.4, -0.2) is 15.3 Å². The molecule has 1 heterocycles. The van der Waals surface area contributed by atoms with Gasteiger partial charge >= 0.3 is 0 Å². The van der Waals surface area contributed by atoms with Gasteiger partial charge in [0.25, 0.3) is 0 Å². The van der Waals surface area contributed by atoms with Gasteiger partial charge in [0.05, 0.1) is 0 Å². The lowest BCUT2D eigenvalue weighted by molar-refractivity contribution is 1.12. The average Bonchev–Trinajstić information content (AvgIpc) is 2.07. The molecule has 0 saturated carbocycles. The zero-order chi connectivity index (χ0) is 7.94. The third-order valence-corrected chi connectivity index (χ3v) is 1.38. The maximum atomic E-state index is 3.95. The van der Waals surface area contributed by atoms with Crippen molar-refractivity contribution in [1.29, 1.82) is 0 Å². The van der Waals surface area contributed by atoms with Crippen molar-refractivity contribution in [2.24, 2.45) is 0 Å². The number of hydrogen-bond donors (Lipinski definition) is 0. The van der Waals surface area contributed by atoms with Crippen molar-refractivity contribution in [1.82, 2.24) is 9.97 Å². The van der Waals surface area contributed by atoms with Crippen LogP contribution in [0.25, 0.3) is 0 Å². The molecule has 0 aliphatic heterocycles. The highest BCUT2D eigenvalue weighted by Gasteiger charge is 1.82. The van der Waals surface area contributed by atoms with Gasteiger partial charge < -0.3 is 0 Å². The van der Waals surface area contributed by atoms with Crippen LogP contribution in [0.3, 0.4) is 0 Å². The summed E-state index contributed by atoms with van der Waals surface area (Å²) in [7, 11) is 0. The molecule has 0 saturated heterocycles. The zero-order valence-corrected chi connectivity index (χ0v) is 7.50. The van der Waals surface area contributed by atoms with E-state index in [0.29, 0.717) is 5.82 Å². The first-order chi connectivity index (χ1) is 5.43. The normalized spacial score (nSPS) is 8.45. The third-order valence-electron chi connectivity index (χ3n) is 0.985. The van der Waals surface area contributed by atoms with Gasteiger partial charge in [-0.1, -0.05) is 21.9 Å². The summed E-state index contributed by atoms with van der Waals surface area (Å²) in [6, 6.07) is 1.77. The molecule has 1 rings (SSSR count). The number of nitrogens with zero attached hydrogens (tertiary/aromatic N) is 2. The van der Waals surface area contributed by atoms with Crippen molar-refractivity contribution in [3.8, 4) is 11.8 Å². The lowest BCUT2D eigenvalue weighted by atomic mass is 10.4. The summed E-state index contributed by atoms with van der Waals surface area (Å²) < 4.78 is 0. The molecule has 0 amide bonds. The molecule has 0 aliphatic rings. The van der Waals surface area contributed by atoms with Crippen LogP contribution in [-0.2, 0) is 0 Å². The van der Waals surface area contributed by atoms with Crippen LogP contribution in [0.15, 0.2) is 18.5 Å². The van der Waals surface area contributed by atoms with E-state index in [9.17, 15) is 0 Å². The second-order valence-electron chi connectivity index (χ2n) is 1.81. The van der Waals surface area contributed by atoms with E-state index in [-0.39, 0.29) is 0 Å². The summed E-state index contributed by atoms with van der Waals surface area (Å²) in [6.07, 6.45) is 4.20. The highest BCUT2D eigenvalue weighted by Crippen LogP contribution is 1.86. The Hall–Kier alpha value is -0.880. The van der Waals surface area contributed by atoms with Gasteiger partial charge in [0.2, 0.25) is 5.82 Å². The lowest BCUT2D eigenvalue weighted by Crippen LogP contribution is -1.84. The Balaban J connectivity index is 2.59. The number of aromatic nitrogens is 2. The van der Waals surface area contributed by atoms with E-state index in [4.69, 9.17) is 0 Å². The molecule has 0 atom stereocenters. The predicted octanol–water partition coefficient (Wildman–Crippen LogP) is 1.61. The first kappa shape index (κ1) is 8.22. The van der Waals surface area contributed by atoms with Gasteiger partial charge in [0.1, 0.15) is 0 Å². The molecular weight excluding hydrogens is 204 g/mol. The molecule has 0 spiro atoms. The van der Waals surface area contributed by atoms with Crippen molar-refractivity contribution in [2.75, 3.05) is 5.33 Å². The summed E-state index contributed by atoms with van der Waals surface area (Å²) in [5.74, 6) is 6.36. The van der Waals surface area contributed by atoms with Gasteiger partial charge in [0.15, 0.2) is 0 Å². The summed E-state index contributed by atoms with van der Waals surface area (Å²) in [5.41, 5.74) is 0. The molecule has 1 aromatic heterocycles. The van der Waals surface area contributed by atoms with Gasteiger partial charge in [0, 0.05) is 24.1 Å². The molecule has 0 N–H and O–H groups in total. The third kappa shape index (κ3) is 3.15. The van der Waals surface area contributed by atoms with E-state index in [1.807, 2.05) is 0 Å². The van der Waals surface area contributed by atoms with Crippen LogP contribution >= 0.6 is 15.9 Å². The fourth-order valence-corrected chi connectivity index (χ4v) is 0.751. The quantitative estimate of drug-likeness (QED) is 0.521. The standard InChI is InChI=1S/C8H7BrN2/c9-5-2-1-4-8-10-6-3-7-11-8/h3,6-7H,2,5H2. The van der Waals surface area contributed by atoms with E-state index in [1.165, 1.54) is 0 Å².